The van der Waals surface area contributed by atoms with Gasteiger partial charge in [-0.1, -0.05) is 30.3 Å². The van der Waals surface area contributed by atoms with Crippen LogP contribution >= 0.6 is 0 Å². The predicted molar refractivity (Wildman–Crippen MR) is 115 cm³/mol. The van der Waals surface area contributed by atoms with Crippen LogP contribution in [0.15, 0.2) is 54.6 Å². The first-order valence-electron chi connectivity index (χ1n) is 10.0. The zero-order valence-corrected chi connectivity index (χ0v) is 17.1. The predicted octanol–water partition coefficient (Wildman–Crippen LogP) is 2.97. The van der Waals surface area contributed by atoms with Gasteiger partial charge >= 0.3 is 0 Å². The molecule has 0 unspecified atom stereocenters. The molecule has 9 nitrogen and oxygen atoms in total. The molecule has 1 fully saturated rings. The van der Waals surface area contributed by atoms with Crippen LogP contribution in [-0.4, -0.2) is 33.2 Å². The smallest absolute Gasteiger partial charge is 0.284 e. The Morgan fingerprint density at radius 1 is 1.19 bits per heavy atom. The Labute approximate surface area is 184 Å². The highest BCUT2D eigenvalue weighted by molar-refractivity contribution is 6.00. The van der Waals surface area contributed by atoms with Gasteiger partial charge in [0.2, 0.25) is 5.88 Å². The monoisotopic (exact) mass is 431 g/mol. The standard InChI is InChI=1S/C23H21N5O4/c24-13-15-6-4-7-16(12-15)20-26-19(25)18(21(29)28-31-14-23(30)10-5-11-23)22(27-20)32-17-8-2-1-3-9-17/h1-4,6-9,12,30H,5,10-11,14H2,(H,28,29)(H2,25,26,27). The second-order valence-electron chi connectivity index (χ2n) is 7.52. The van der Waals surface area contributed by atoms with Gasteiger partial charge in [0.05, 0.1) is 17.2 Å². The highest BCUT2D eigenvalue weighted by atomic mass is 16.7. The molecule has 0 spiro atoms. The number of para-hydroxylation sites is 1. The molecular formula is C23H21N5O4. The number of ether oxygens (including phenoxy) is 1. The van der Waals surface area contributed by atoms with Crippen LogP contribution in [0.3, 0.4) is 0 Å². The lowest BCUT2D eigenvalue weighted by Crippen LogP contribution is -2.44. The quantitative estimate of drug-likeness (QED) is 0.485. The lowest BCUT2D eigenvalue weighted by molar-refractivity contribution is -0.113. The summed E-state index contributed by atoms with van der Waals surface area (Å²) >= 11 is 0. The number of carbonyl (C=O) groups is 1. The Morgan fingerprint density at radius 2 is 1.97 bits per heavy atom. The highest BCUT2D eigenvalue weighted by Crippen LogP contribution is 2.32. The third-order valence-electron chi connectivity index (χ3n) is 5.13. The zero-order chi connectivity index (χ0) is 22.6. The molecule has 0 bridgehead atoms. The van der Waals surface area contributed by atoms with Gasteiger partial charge in [-0.05, 0) is 43.5 Å². The van der Waals surface area contributed by atoms with Crippen LogP contribution in [0, 0.1) is 11.3 Å². The number of nitrogen functional groups attached to an aromatic ring is 1. The molecule has 9 heteroatoms. The molecule has 1 aliphatic rings. The van der Waals surface area contributed by atoms with E-state index in [0.29, 0.717) is 29.7 Å². The van der Waals surface area contributed by atoms with Gasteiger partial charge in [-0.25, -0.2) is 10.5 Å². The molecule has 0 atom stereocenters. The van der Waals surface area contributed by atoms with Gasteiger partial charge in [0.15, 0.2) is 5.82 Å². The molecule has 1 amide bonds. The minimum atomic E-state index is -0.922. The Morgan fingerprint density at radius 3 is 2.66 bits per heavy atom. The van der Waals surface area contributed by atoms with Crippen molar-refractivity contribution in [1.29, 1.82) is 5.26 Å². The largest absolute Gasteiger partial charge is 0.438 e. The van der Waals surface area contributed by atoms with Crippen LogP contribution < -0.4 is 16.0 Å². The fraction of sp³-hybridized carbons (Fsp3) is 0.217. The maximum atomic E-state index is 12.8. The van der Waals surface area contributed by atoms with Crippen LogP contribution in [0.25, 0.3) is 11.4 Å². The number of aromatic nitrogens is 2. The van der Waals surface area contributed by atoms with Crippen molar-refractivity contribution in [3.05, 3.63) is 65.7 Å². The van der Waals surface area contributed by atoms with E-state index < -0.39 is 11.5 Å². The number of rotatable bonds is 7. The molecule has 1 aliphatic carbocycles. The van der Waals surface area contributed by atoms with E-state index in [1.165, 1.54) is 0 Å². The topological polar surface area (TPSA) is 143 Å². The van der Waals surface area contributed by atoms with Gasteiger partial charge in [-0.15, -0.1) is 0 Å². The Bertz CT molecular complexity index is 1170. The van der Waals surface area contributed by atoms with Gasteiger partial charge in [0.1, 0.15) is 23.7 Å². The maximum Gasteiger partial charge on any atom is 0.284 e. The average Bonchev–Trinajstić information content (AvgIpc) is 2.78. The Kier molecular flexibility index (Phi) is 5.98. The summed E-state index contributed by atoms with van der Waals surface area (Å²) in [5, 5.41) is 19.3. The van der Waals surface area contributed by atoms with Crippen molar-refractivity contribution in [1.82, 2.24) is 15.4 Å². The van der Waals surface area contributed by atoms with E-state index in [1.54, 1.807) is 48.5 Å². The summed E-state index contributed by atoms with van der Waals surface area (Å²) in [7, 11) is 0. The van der Waals surface area contributed by atoms with Crippen molar-refractivity contribution in [2.24, 2.45) is 0 Å². The van der Waals surface area contributed by atoms with Gasteiger partial charge < -0.3 is 15.6 Å². The molecular weight excluding hydrogens is 410 g/mol. The number of aliphatic hydroxyl groups is 1. The molecule has 1 heterocycles. The lowest BCUT2D eigenvalue weighted by Gasteiger charge is -2.35. The summed E-state index contributed by atoms with van der Waals surface area (Å²) in [5.41, 5.74) is 8.35. The number of nitrogens with zero attached hydrogens (tertiary/aromatic N) is 3. The van der Waals surface area contributed by atoms with Gasteiger partial charge in [-0.2, -0.15) is 10.2 Å². The van der Waals surface area contributed by atoms with Crippen LogP contribution in [-0.2, 0) is 4.84 Å². The van der Waals surface area contributed by atoms with Crippen LogP contribution in [0.5, 0.6) is 11.6 Å². The summed E-state index contributed by atoms with van der Waals surface area (Å²) in [6.45, 7) is -0.0343. The first-order chi connectivity index (χ1) is 15.5. The fourth-order valence-electron chi connectivity index (χ4n) is 3.22. The molecule has 1 saturated carbocycles. The van der Waals surface area contributed by atoms with E-state index in [2.05, 4.69) is 21.5 Å². The zero-order valence-electron chi connectivity index (χ0n) is 17.1. The van der Waals surface area contributed by atoms with E-state index in [1.807, 2.05) is 6.07 Å². The van der Waals surface area contributed by atoms with Gasteiger partial charge in [0, 0.05) is 5.56 Å². The van der Waals surface area contributed by atoms with Gasteiger partial charge in [0.25, 0.3) is 5.91 Å². The third-order valence-corrected chi connectivity index (χ3v) is 5.13. The number of nitriles is 1. The number of benzene rings is 2. The fourth-order valence-corrected chi connectivity index (χ4v) is 3.22. The highest BCUT2D eigenvalue weighted by Gasteiger charge is 2.35. The minimum Gasteiger partial charge on any atom is -0.438 e. The average molecular weight is 431 g/mol. The third kappa shape index (κ3) is 4.67. The van der Waals surface area contributed by atoms with E-state index in [4.69, 9.17) is 20.6 Å². The molecule has 1 aromatic heterocycles. The second kappa shape index (κ2) is 9.01. The molecule has 0 radical (unpaired) electrons. The van der Waals surface area contributed by atoms with E-state index in [9.17, 15) is 9.90 Å². The van der Waals surface area contributed by atoms with Crippen molar-refractivity contribution >= 4 is 11.7 Å². The van der Waals surface area contributed by atoms with Crippen molar-refractivity contribution < 1.29 is 19.5 Å². The van der Waals surface area contributed by atoms with E-state index in [0.717, 1.165) is 6.42 Å². The second-order valence-corrected chi connectivity index (χ2v) is 7.52. The van der Waals surface area contributed by atoms with Crippen molar-refractivity contribution in [3.63, 3.8) is 0 Å². The normalized spacial score (nSPS) is 14.1. The number of hydroxylamine groups is 1. The number of anilines is 1. The summed E-state index contributed by atoms with van der Waals surface area (Å²) in [5.74, 6) is -0.238. The van der Waals surface area contributed by atoms with Crippen LogP contribution in [0.4, 0.5) is 5.82 Å². The summed E-state index contributed by atoms with van der Waals surface area (Å²) in [4.78, 5) is 26.7. The molecule has 2 aromatic carbocycles. The molecule has 3 aromatic rings. The maximum absolute atomic E-state index is 12.8. The van der Waals surface area contributed by atoms with E-state index in [-0.39, 0.29) is 29.7 Å². The molecule has 4 N–H and O–H groups in total. The Balaban J connectivity index is 1.66. The molecule has 162 valence electrons. The molecule has 4 rings (SSSR count). The van der Waals surface area contributed by atoms with Crippen molar-refractivity contribution in [3.8, 4) is 29.1 Å². The first-order valence-corrected chi connectivity index (χ1v) is 10.0. The number of nitrogens with one attached hydrogen (secondary N) is 1. The van der Waals surface area contributed by atoms with Crippen LogP contribution in [0.1, 0.15) is 35.2 Å². The number of carbonyl (C=O) groups excluding carboxylic acids is 1. The number of hydrogen-bond acceptors (Lipinski definition) is 8. The summed E-state index contributed by atoms with van der Waals surface area (Å²) in [6, 6.07) is 17.6. The summed E-state index contributed by atoms with van der Waals surface area (Å²) < 4.78 is 5.85. The lowest BCUT2D eigenvalue weighted by atomic mass is 9.81. The van der Waals surface area contributed by atoms with E-state index >= 15 is 0 Å². The van der Waals surface area contributed by atoms with Crippen molar-refractivity contribution in [2.75, 3.05) is 12.3 Å². The SMILES string of the molecule is N#Cc1cccc(-c2nc(N)c(C(=O)NOCC3(O)CCC3)c(Oc3ccccc3)n2)c1. The van der Waals surface area contributed by atoms with Gasteiger partial charge in [-0.3, -0.25) is 9.63 Å². The number of hydrogen-bond donors (Lipinski definition) is 3. The number of nitrogens with two attached hydrogens (primary N) is 1. The molecule has 0 aliphatic heterocycles. The first kappa shape index (κ1) is 21.2. The number of amides is 1. The van der Waals surface area contributed by atoms with Crippen molar-refractivity contribution in [2.45, 2.75) is 24.9 Å². The summed E-state index contributed by atoms with van der Waals surface area (Å²) in [6.07, 6.45) is 2.15. The minimum absolute atomic E-state index is 0.0343. The van der Waals surface area contributed by atoms with Crippen LogP contribution in [0.2, 0.25) is 0 Å². The molecule has 0 saturated heterocycles. The Hall–Kier alpha value is -4.00. The molecule has 32 heavy (non-hydrogen) atoms.